The van der Waals surface area contributed by atoms with Crippen molar-refractivity contribution in [1.29, 1.82) is 5.26 Å². The molecule has 0 spiro atoms. The molecule has 1 saturated carbocycles. The molecule has 1 fully saturated rings. The molecule has 0 unspecified atom stereocenters. The molecule has 180 valence electrons. The zero-order valence-corrected chi connectivity index (χ0v) is 19.4. The van der Waals surface area contributed by atoms with Gasteiger partial charge in [0.05, 0.1) is 18.5 Å². The number of hydrogen-bond donors (Lipinski definition) is 1. The second kappa shape index (κ2) is 9.92. The first-order chi connectivity index (χ1) is 17.6. The Bertz CT molecular complexity index is 1440. The van der Waals surface area contributed by atoms with E-state index in [4.69, 9.17) is 10.00 Å². The van der Waals surface area contributed by atoms with E-state index in [0.717, 1.165) is 0 Å². The Morgan fingerprint density at radius 1 is 1.17 bits per heavy atom. The first-order valence-corrected chi connectivity index (χ1v) is 11.5. The molecule has 1 aliphatic rings. The molecule has 1 aliphatic carbocycles. The average Bonchev–Trinajstić information content (AvgIpc) is 3.31. The summed E-state index contributed by atoms with van der Waals surface area (Å²) in [5.41, 5.74) is 1.24. The summed E-state index contributed by atoms with van der Waals surface area (Å²) in [7, 11) is 0. The number of aromatic nitrogens is 5. The van der Waals surface area contributed by atoms with Crippen LogP contribution >= 0.6 is 0 Å². The van der Waals surface area contributed by atoms with E-state index in [-0.39, 0.29) is 29.3 Å². The highest BCUT2D eigenvalue weighted by molar-refractivity contribution is 5.92. The van der Waals surface area contributed by atoms with Crippen molar-refractivity contribution in [2.24, 2.45) is 0 Å². The van der Waals surface area contributed by atoms with Crippen LogP contribution in [0.15, 0.2) is 60.8 Å². The molecule has 1 amide bonds. The molecule has 3 heterocycles. The van der Waals surface area contributed by atoms with Crippen molar-refractivity contribution >= 4 is 5.91 Å². The number of halogens is 1. The maximum absolute atomic E-state index is 14.9. The number of benzene rings is 1. The largest absolute Gasteiger partial charge is 0.492 e. The van der Waals surface area contributed by atoms with E-state index >= 15 is 0 Å². The van der Waals surface area contributed by atoms with Gasteiger partial charge in [-0.3, -0.25) is 9.36 Å². The minimum absolute atomic E-state index is 0.0442. The van der Waals surface area contributed by atoms with Crippen molar-refractivity contribution in [2.75, 3.05) is 6.61 Å². The van der Waals surface area contributed by atoms with Crippen molar-refractivity contribution in [2.45, 2.75) is 31.7 Å². The molecular weight excluding hydrogens is 461 g/mol. The summed E-state index contributed by atoms with van der Waals surface area (Å²) in [6.07, 6.45) is 2.81. The third kappa shape index (κ3) is 4.51. The fourth-order valence-electron chi connectivity index (χ4n) is 4.19. The number of nitrogens with zero attached hydrogens (tertiary/aromatic N) is 6. The van der Waals surface area contributed by atoms with Crippen molar-refractivity contribution in [1.82, 2.24) is 30.0 Å². The minimum Gasteiger partial charge on any atom is -0.492 e. The predicted molar refractivity (Wildman–Crippen MR) is 128 cm³/mol. The van der Waals surface area contributed by atoms with Gasteiger partial charge in [0, 0.05) is 12.0 Å². The lowest BCUT2D eigenvalue weighted by Gasteiger charge is -2.35. The number of pyridine rings is 2. The molecule has 10 heteroatoms. The summed E-state index contributed by atoms with van der Waals surface area (Å²) in [6.45, 7) is 2.42. The van der Waals surface area contributed by atoms with Crippen LogP contribution in [0.1, 0.15) is 47.7 Å². The summed E-state index contributed by atoms with van der Waals surface area (Å²) in [6, 6.07) is 16.6. The van der Waals surface area contributed by atoms with E-state index in [0.29, 0.717) is 48.2 Å². The van der Waals surface area contributed by atoms with Crippen molar-refractivity contribution in [3.63, 3.8) is 0 Å². The molecule has 5 rings (SSSR count). The van der Waals surface area contributed by atoms with Gasteiger partial charge in [-0.15, -0.1) is 10.2 Å². The fraction of sp³-hybridized carbons (Fsp3) is 0.231. The first-order valence-electron chi connectivity index (χ1n) is 11.5. The van der Waals surface area contributed by atoms with Gasteiger partial charge in [-0.05, 0) is 56.2 Å². The Morgan fingerprint density at radius 3 is 2.72 bits per heavy atom. The SMILES string of the molecule is CCOc1ccc(-c2nnc(C3CC(NC(=O)c4cccc(C#N)n4)C3)n2-c2ccccc2F)nc1. The minimum atomic E-state index is -0.404. The number of nitriles is 1. The summed E-state index contributed by atoms with van der Waals surface area (Å²) in [4.78, 5) is 21.1. The smallest absolute Gasteiger partial charge is 0.270 e. The quantitative estimate of drug-likeness (QED) is 0.425. The maximum atomic E-state index is 14.9. The Hall–Kier alpha value is -4.65. The van der Waals surface area contributed by atoms with Gasteiger partial charge in [0.2, 0.25) is 0 Å². The van der Waals surface area contributed by atoms with E-state index in [1.807, 2.05) is 13.0 Å². The number of nitrogens with one attached hydrogen (secondary N) is 1. The number of hydrogen-bond acceptors (Lipinski definition) is 7. The lowest BCUT2D eigenvalue weighted by atomic mass is 9.79. The van der Waals surface area contributed by atoms with Crippen LogP contribution in [0.5, 0.6) is 5.75 Å². The zero-order valence-electron chi connectivity index (χ0n) is 19.4. The second-order valence-corrected chi connectivity index (χ2v) is 8.34. The van der Waals surface area contributed by atoms with Crippen LogP contribution in [0.3, 0.4) is 0 Å². The van der Waals surface area contributed by atoms with Crippen molar-refractivity contribution < 1.29 is 13.9 Å². The summed E-state index contributed by atoms with van der Waals surface area (Å²) < 4.78 is 22.0. The number of ether oxygens (including phenoxy) is 1. The second-order valence-electron chi connectivity index (χ2n) is 8.34. The normalized spacial score (nSPS) is 16.6. The number of para-hydroxylation sites is 1. The maximum Gasteiger partial charge on any atom is 0.270 e. The molecular formula is C26H22FN7O2. The molecule has 1 aromatic carbocycles. The van der Waals surface area contributed by atoms with Gasteiger partial charge >= 0.3 is 0 Å². The van der Waals surface area contributed by atoms with E-state index in [1.165, 1.54) is 6.07 Å². The summed E-state index contributed by atoms with van der Waals surface area (Å²) >= 11 is 0. The topological polar surface area (TPSA) is 119 Å². The number of amides is 1. The van der Waals surface area contributed by atoms with Gasteiger partial charge in [0.15, 0.2) is 5.82 Å². The molecule has 0 saturated heterocycles. The van der Waals surface area contributed by atoms with E-state index in [1.54, 1.807) is 59.3 Å². The van der Waals surface area contributed by atoms with Gasteiger partial charge in [-0.1, -0.05) is 18.2 Å². The Kier molecular flexibility index (Phi) is 6.36. The van der Waals surface area contributed by atoms with Gasteiger partial charge in [-0.25, -0.2) is 14.4 Å². The molecule has 3 aromatic heterocycles. The lowest BCUT2D eigenvalue weighted by molar-refractivity contribution is 0.0902. The Balaban J connectivity index is 1.39. The Labute approximate surface area is 206 Å². The summed E-state index contributed by atoms with van der Waals surface area (Å²) in [5.74, 6) is 0.857. The van der Waals surface area contributed by atoms with Gasteiger partial charge in [0.1, 0.15) is 40.5 Å². The van der Waals surface area contributed by atoms with Gasteiger partial charge in [-0.2, -0.15) is 5.26 Å². The standard InChI is InChI=1S/C26H22FN7O2/c1-2-36-19-10-11-21(29-15-19)25-33-32-24(34(25)23-9-4-3-7-20(23)27)16-12-18(13-16)31-26(35)22-8-5-6-17(14-28)30-22/h3-11,15-16,18H,2,12-13H2,1H3,(H,31,35). The van der Waals surface area contributed by atoms with E-state index in [2.05, 4.69) is 25.5 Å². The zero-order chi connectivity index (χ0) is 25.1. The first kappa shape index (κ1) is 23.1. The number of carbonyl (C=O) groups is 1. The molecule has 0 aliphatic heterocycles. The van der Waals surface area contributed by atoms with Crippen LogP contribution < -0.4 is 10.1 Å². The van der Waals surface area contributed by atoms with E-state index in [9.17, 15) is 9.18 Å². The van der Waals surface area contributed by atoms with Crippen molar-refractivity contribution in [3.8, 4) is 29.0 Å². The Morgan fingerprint density at radius 2 is 2.00 bits per heavy atom. The van der Waals surface area contributed by atoms with Crippen LogP contribution in [0.25, 0.3) is 17.2 Å². The molecule has 36 heavy (non-hydrogen) atoms. The van der Waals surface area contributed by atoms with E-state index < -0.39 is 5.82 Å². The predicted octanol–water partition coefficient (Wildman–Crippen LogP) is 3.81. The van der Waals surface area contributed by atoms with Crippen LogP contribution in [0.4, 0.5) is 4.39 Å². The van der Waals surface area contributed by atoms with Crippen LogP contribution in [-0.4, -0.2) is 43.3 Å². The number of carbonyl (C=O) groups excluding carboxylic acids is 1. The third-order valence-corrected chi connectivity index (χ3v) is 5.99. The van der Waals surface area contributed by atoms with Crippen LogP contribution in [0.2, 0.25) is 0 Å². The van der Waals surface area contributed by atoms with Gasteiger partial charge < -0.3 is 10.1 Å². The summed E-state index contributed by atoms with van der Waals surface area (Å²) in [5, 5.41) is 20.7. The fourth-order valence-corrected chi connectivity index (χ4v) is 4.19. The number of rotatable bonds is 7. The molecule has 0 atom stereocenters. The molecule has 1 N–H and O–H groups in total. The molecule has 0 bridgehead atoms. The monoisotopic (exact) mass is 483 g/mol. The lowest BCUT2D eigenvalue weighted by Crippen LogP contribution is -2.44. The molecule has 9 nitrogen and oxygen atoms in total. The highest BCUT2D eigenvalue weighted by Gasteiger charge is 2.36. The third-order valence-electron chi connectivity index (χ3n) is 5.99. The molecule has 4 aromatic rings. The highest BCUT2D eigenvalue weighted by Crippen LogP contribution is 2.39. The van der Waals surface area contributed by atoms with Crippen molar-refractivity contribution in [3.05, 3.63) is 83.8 Å². The van der Waals surface area contributed by atoms with Crippen LogP contribution in [0, 0.1) is 17.1 Å². The van der Waals surface area contributed by atoms with Crippen LogP contribution in [-0.2, 0) is 0 Å². The van der Waals surface area contributed by atoms with Gasteiger partial charge in [0.25, 0.3) is 5.91 Å². The average molecular weight is 484 g/mol. The molecule has 0 radical (unpaired) electrons. The highest BCUT2D eigenvalue weighted by atomic mass is 19.1.